The Balaban J connectivity index is 3.73. The van der Waals surface area contributed by atoms with Gasteiger partial charge in [0.05, 0.1) is 6.10 Å². The molecule has 3 N–H and O–H groups in total. The van der Waals surface area contributed by atoms with Crippen molar-refractivity contribution in [3.05, 3.63) is 0 Å². The van der Waals surface area contributed by atoms with Crippen molar-refractivity contribution >= 4 is 0 Å². The third-order valence-corrected chi connectivity index (χ3v) is 3.14. The zero-order chi connectivity index (χ0) is 13.3. The summed E-state index contributed by atoms with van der Waals surface area (Å²) < 4.78 is 0. The quantitative estimate of drug-likeness (QED) is 0.531. The van der Waals surface area contributed by atoms with Gasteiger partial charge in [0.1, 0.15) is 0 Å². The molecule has 1 unspecified atom stereocenters. The summed E-state index contributed by atoms with van der Waals surface area (Å²) in [6.45, 7) is 12.8. The highest BCUT2D eigenvalue weighted by atomic mass is 16.3. The van der Waals surface area contributed by atoms with Crippen molar-refractivity contribution in [2.75, 3.05) is 39.3 Å². The Labute approximate surface area is 106 Å². The highest BCUT2D eigenvalue weighted by Crippen LogP contribution is 2.17. The zero-order valence-corrected chi connectivity index (χ0v) is 11.9. The van der Waals surface area contributed by atoms with Crippen LogP contribution in [0.1, 0.15) is 34.1 Å². The Morgan fingerprint density at radius 3 is 2.29 bits per heavy atom. The Kier molecular flexibility index (Phi) is 8.78. The molecule has 0 bridgehead atoms. The van der Waals surface area contributed by atoms with Crippen LogP contribution in [0.4, 0.5) is 0 Å². The van der Waals surface area contributed by atoms with Crippen LogP contribution < -0.4 is 5.32 Å². The fourth-order valence-corrected chi connectivity index (χ4v) is 1.81. The normalized spacial score (nSPS) is 14.3. The molecule has 0 fully saturated rings. The van der Waals surface area contributed by atoms with Gasteiger partial charge in [0.15, 0.2) is 0 Å². The summed E-state index contributed by atoms with van der Waals surface area (Å²) in [7, 11) is 0. The van der Waals surface area contributed by atoms with Crippen LogP contribution in [0, 0.1) is 5.41 Å². The van der Waals surface area contributed by atoms with Crippen LogP contribution in [-0.4, -0.2) is 60.5 Å². The molecule has 104 valence electrons. The highest BCUT2D eigenvalue weighted by Gasteiger charge is 2.17. The monoisotopic (exact) mass is 246 g/mol. The first-order chi connectivity index (χ1) is 7.95. The second-order valence-corrected chi connectivity index (χ2v) is 5.41. The van der Waals surface area contributed by atoms with Crippen LogP contribution >= 0.6 is 0 Å². The number of aliphatic hydroxyl groups is 2. The van der Waals surface area contributed by atoms with Crippen molar-refractivity contribution in [1.29, 1.82) is 0 Å². The molecule has 0 amide bonds. The number of nitrogens with zero attached hydrogens (tertiary/aromatic N) is 1. The minimum Gasteiger partial charge on any atom is -0.396 e. The van der Waals surface area contributed by atoms with E-state index in [-0.39, 0.29) is 18.1 Å². The van der Waals surface area contributed by atoms with E-state index in [4.69, 9.17) is 5.11 Å². The van der Waals surface area contributed by atoms with Crippen molar-refractivity contribution in [3.8, 4) is 0 Å². The van der Waals surface area contributed by atoms with Gasteiger partial charge in [-0.25, -0.2) is 0 Å². The van der Waals surface area contributed by atoms with Gasteiger partial charge in [0.2, 0.25) is 0 Å². The van der Waals surface area contributed by atoms with E-state index in [1.807, 2.05) is 0 Å². The van der Waals surface area contributed by atoms with Crippen LogP contribution in [0.25, 0.3) is 0 Å². The van der Waals surface area contributed by atoms with Gasteiger partial charge in [-0.05, 0) is 24.9 Å². The summed E-state index contributed by atoms with van der Waals surface area (Å²) in [4.78, 5) is 2.21. The van der Waals surface area contributed by atoms with Gasteiger partial charge in [-0.2, -0.15) is 0 Å². The topological polar surface area (TPSA) is 55.7 Å². The smallest absolute Gasteiger partial charge is 0.0791 e. The second kappa shape index (κ2) is 8.86. The molecule has 0 aliphatic heterocycles. The molecule has 0 aliphatic rings. The Hall–Kier alpha value is -0.160. The van der Waals surface area contributed by atoms with E-state index in [2.05, 4.69) is 37.9 Å². The van der Waals surface area contributed by atoms with Gasteiger partial charge in [-0.15, -0.1) is 0 Å². The number of likely N-dealkylation sites (N-methyl/N-ethyl adjacent to an activating group) is 1. The average molecular weight is 246 g/mol. The largest absolute Gasteiger partial charge is 0.396 e. The summed E-state index contributed by atoms with van der Waals surface area (Å²) >= 11 is 0. The molecule has 0 aromatic carbocycles. The molecule has 17 heavy (non-hydrogen) atoms. The summed E-state index contributed by atoms with van der Waals surface area (Å²) in [5.41, 5.74) is 0.0870. The second-order valence-electron chi connectivity index (χ2n) is 5.41. The first-order valence-corrected chi connectivity index (χ1v) is 6.67. The molecular weight excluding hydrogens is 216 g/mol. The Bertz CT molecular complexity index is 182. The molecule has 0 radical (unpaired) electrons. The summed E-state index contributed by atoms with van der Waals surface area (Å²) in [6.07, 6.45) is 0.464. The van der Waals surface area contributed by atoms with Crippen molar-refractivity contribution in [1.82, 2.24) is 10.2 Å². The molecule has 0 heterocycles. The molecular formula is C13H30N2O2. The van der Waals surface area contributed by atoms with E-state index in [1.165, 1.54) is 0 Å². The Morgan fingerprint density at radius 2 is 1.82 bits per heavy atom. The summed E-state index contributed by atoms with van der Waals surface area (Å²) in [6, 6.07) is 0. The van der Waals surface area contributed by atoms with E-state index < -0.39 is 0 Å². The maximum absolute atomic E-state index is 9.85. The summed E-state index contributed by atoms with van der Waals surface area (Å²) in [5, 5.41) is 22.0. The van der Waals surface area contributed by atoms with Crippen LogP contribution in [0.15, 0.2) is 0 Å². The predicted molar refractivity (Wildman–Crippen MR) is 72.1 cm³/mol. The van der Waals surface area contributed by atoms with Gasteiger partial charge in [-0.3, -0.25) is 0 Å². The van der Waals surface area contributed by atoms with Crippen molar-refractivity contribution in [2.45, 2.75) is 40.2 Å². The van der Waals surface area contributed by atoms with Crippen LogP contribution in [0.3, 0.4) is 0 Å². The van der Waals surface area contributed by atoms with Gasteiger partial charge < -0.3 is 20.4 Å². The fourth-order valence-electron chi connectivity index (χ4n) is 1.81. The van der Waals surface area contributed by atoms with Crippen molar-refractivity contribution < 1.29 is 10.2 Å². The molecule has 4 heteroatoms. The molecule has 0 rings (SSSR count). The lowest BCUT2D eigenvalue weighted by atomic mass is 9.90. The third-order valence-electron chi connectivity index (χ3n) is 3.14. The SMILES string of the molecule is CCN(CC)CC(O)CNCC(C)(C)CCO. The minimum atomic E-state index is -0.320. The molecule has 0 aliphatic carbocycles. The molecule has 0 saturated heterocycles. The van der Waals surface area contributed by atoms with Gasteiger partial charge >= 0.3 is 0 Å². The van der Waals surface area contributed by atoms with Crippen LogP contribution in [0.5, 0.6) is 0 Å². The average Bonchev–Trinajstić information content (AvgIpc) is 2.25. The molecule has 0 spiro atoms. The lowest BCUT2D eigenvalue weighted by Gasteiger charge is -2.26. The molecule has 0 aromatic heterocycles. The standard InChI is InChI=1S/C13H30N2O2/c1-5-15(6-2)10-12(17)9-14-11-13(3,4)7-8-16/h12,14,16-17H,5-11H2,1-4H3. The van der Waals surface area contributed by atoms with Crippen molar-refractivity contribution in [2.24, 2.45) is 5.41 Å². The molecule has 1 atom stereocenters. The van der Waals surface area contributed by atoms with E-state index in [1.54, 1.807) is 0 Å². The summed E-state index contributed by atoms with van der Waals surface area (Å²) in [5.74, 6) is 0. The van der Waals surface area contributed by atoms with E-state index >= 15 is 0 Å². The Morgan fingerprint density at radius 1 is 1.24 bits per heavy atom. The number of hydrogen-bond acceptors (Lipinski definition) is 4. The zero-order valence-electron chi connectivity index (χ0n) is 11.9. The number of nitrogens with one attached hydrogen (secondary N) is 1. The van der Waals surface area contributed by atoms with Gasteiger partial charge in [0.25, 0.3) is 0 Å². The fraction of sp³-hybridized carbons (Fsp3) is 1.00. The maximum atomic E-state index is 9.85. The van der Waals surface area contributed by atoms with Gasteiger partial charge in [0, 0.05) is 26.2 Å². The molecule has 4 nitrogen and oxygen atoms in total. The van der Waals surface area contributed by atoms with Gasteiger partial charge in [-0.1, -0.05) is 27.7 Å². The minimum absolute atomic E-state index is 0.0870. The number of rotatable bonds is 10. The van der Waals surface area contributed by atoms with Crippen molar-refractivity contribution in [3.63, 3.8) is 0 Å². The van der Waals surface area contributed by atoms with E-state index in [0.717, 1.165) is 32.6 Å². The number of hydrogen-bond donors (Lipinski definition) is 3. The lowest BCUT2D eigenvalue weighted by molar-refractivity contribution is 0.112. The predicted octanol–water partition coefficient (Wildman–Crippen LogP) is 0.687. The first-order valence-electron chi connectivity index (χ1n) is 6.67. The maximum Gasteiger partial charge on any atom is 0.0791 e. The van der Waals surface area contributed by atoms with E-state index in [0.29, 0.717) is 6.54 Å². The highest BCUT2D eigenvalue weighted by molar-refractivity contribution is 4.73. The first kappa shape index (κ1) is 16.8. The third kappa shape index (κ3) is 8.55. The molecule has 0 aromatic rings. The lowest BCUT2D eigenvalue weighted by Crippen LogP contribution is -2.41. The van der Waals surface area contributed by atoms with E-state index in [9.17, 15) is 5.11 Å². The molecule has 0 saturated carbocycles. The number of aliphatic hydroxyl groups excluding tert-OH is 2. The van der Waals surface area contributed by atoms with Crippen LogP contribution in [0.2, 0.25) is 0 Å². The van der Waals surface area contributed by atoms with Crippen LogP contribution in [-0.2, 0) is 0 Å².